The Labute approximate surface area is 136 Å². The fourth-order valence-corrected chi connectivity index (χ4v) is 2.68. The summed E-state index contributed by atoms with van der Waals surface area (Å²) in [5, 5.41) is 5.44. The first-order valence-corrected chi connectivity index (χ1v) is 8.23. The maximum Gasteiger partial charge on any atom is 0.161 e. The van der Waals surface area contributed by atoms with Gasteiger partial charge in [0.05, 0.1) is 7.11 Å². The van der Waals surface area contributed by atoms with Crippen LogP contribution in [0.25, 0.3) is 0 Å². The van der Waals surface area contributed by atoms with E-state index in [0.717, 1.165) is 37.6 Å². The number of nitrogens with one attached hydrogen (secondary N) is 1. The lowest BCUT2D eigenvalue weighted by Gasteiger charge is -2.12. The van der Waals surface area contributed by atoms with Crippen LogP contribution in [0, 0.1) is 0 Å². The molecule has 0 bridgehead atoms. The zero-order chi connectivity index (χ0) is 15.6. The van der Waals surface area contributed by atoms with E-state index < -0.39 is 0 Å². The smallest absolute Gasteiger partial charge is 0.161 e. The van der Waals surface area contributed by atoms with Crippen LogP contribution in [0.1, 0.15) is 16.9 Å². The Morgan fingerprint density at radius 3 is 2.77 bits per heavy atom. The van der Waals surface area contributed by atoms with E-state index in [1.165, 1.54) is 10.4 Å². The van der Waals surface area contributed by atoms with E-state index in [9.17, 15) is 0 Å². The van der Waals surface area contributed by atoms with E-state index >= 15 is 0 Å². The minimum Gasteiger partial charge on any atom is -0.493 e. The lowest BCUT2D eigenvalue weighted by Crippen LogP contribution is -2.16. The molecular weight excluding hydrogens is 298 g/mol. The van der Waals surface area contributed by atoms with Crippen molar-refractivity contribution >= 4 is 11.3 Å². The molecule has 0 atom stereocenters. The number of hydrogen-bond donors (Lipinski definition) is 1. The number of methoxy groups -OCH3 is 2. The fourth-order valence-electron chi connectivity index (χ4n) is 2.06. The summed E-state index contributed by atoms with van der Waals surface area (Å²) in [5.41, 5.74) is 1.18. The second-order valence-corrected chi connectivity index (χ2v) is 5.91. The van der Waals surface area contributed by atoms with Crippen LogP contribution in [-0.2, 0) is 17.9 Å². The van der Waals surface area contributed by atoms with Gasteiger partial charge in [0, 0.05) is 25.1 Å². The van der Waals surface area contributed by atoms with Gasteiger partial charge in [0.2, 0.25) is 0 Å². The minimum atomic E-state index is 0.572. The molecule has 0 aliphatic carbocycles. The third-order valence-corrected chi connectivity index (χ3v) is 4.06. The van der Waals surface area contributed by atoms with Crippen molar-refractivity contribution in [2.45, 2.75) is 19.6 Å². The van der Waals surface area contributed by atoms with Gasteiger partial charge in [-0.3, -0.25) is 0 Å². The summed E-state index contributed by atoms with van der Waals surface area (Å²) in [6.07, 6.45) is 1.01. The third kappa shape index (κ3) is 5.33. The Bertz CT molecular complexity index is 543. The Morgan fingerprint density at radius 2 is 2.05 bits per heavy atom. The summed E-state index contributed by atoms with van der Waals surface area (Å²) in [6, 6.07) is 10.1. The summed E-state index contributed by atoms with van der Waals surface area (Å²) >= 11 is 1.69. The van der Waals surface area contributed by atoms with E-state index in [0.29, 0.717) is 6.61 Å². The fraction of sp³-hybridized carbons (Fsp3) is 0.412. The van der Waals surface area contributed by atoms with E-state index in [1.807, 2.05) is 23.6 Å². The molecule has 1 heterocycles. The van der Waals surface area contributed by atoms with Gasteiger partial charge in [0.1, 0.15) is 6.61 Å². The highest BCUT2D eigenvalue weighted by Crippen LogP contribution is 2.29. The molecule has 0 fully saturated rings. The largest absolute Gasteiger partial charge is 0.493 e. The number of hydrogen-bond acceptors (Lipinski definition) is 5. The molecular formula is C17H23NO3S. The number of thiophene rings is 1. The number of rotatable bonds is 10. The van der Waals surface area contributed by atoms with Gasteiger partial charge in [0.25, 0.3) is 0 Å². The first-order chi connectivity index (χ1) is 10.8. The van der Waals surface area contributed by atoms with Crippen LogP contribution in [0.2, 0.25) is 0 Å². The molecule has 2 aromatic rings. The zero-order valence-corrected chi connectivity index (χ0v) is 13.9. The highest BCUT2D eigenvalue weighted by atomic mass is 32.1. The predicted molar refractivity (Wildman–Crippen MR) is 89.8 cm³/mol. The lowest BCUT2D eigenvalue weighted by molar-refractivity contribution is 0.194. The second kappa shape index (κ2) is 9.46. The standard InChI is InChI=1S/C17H23NO3S/c1-19-9-4-8-18-12-14-6-7-16(17(11-14)20-2)21-13-15-5-3-10-22-15/h3,5-7,10-11,18H,4,8-9,12-13H2,1-2H3. The van der Waals surface area contributed by atoms with E-state index in [-0.39, 0.29) is 0 Å². The van der Waals surface area contributed by atoms with Crippen LogP contribution < -0.4 is 14.8 Å². The Morgan fingerprint density at radius 1 is 1.14 bits per heavy atom. The molecule has 0 saturated carbocycles. The topological polar surface area (TPSA) is 39.7 Å². The molecule has 0 amide bonds. The molecule has 22 heavy (non-hydrogen) atoms. The van der Waals surface area contributed by atoms with E-state index in [1.54, 1.807) is 25.6 Å². The third-order valence-electron chi connectivity index (χ3n) is 3.21. The quantitative estimate of drug-likeness (QED) is 0.680. The van der Waals surface area contributed by atoms with Crippen molar-refractivity contribution in [3.63, 3.8) is 0 Å². The van der Waals surface area contributed by atoms with E-state index in [2.05, 4.69) is 17.4 Å². The van der Waals surface area contributed by atoms with Crippen molar-refractivity contribution < 1.29 is 14.2 Å². The zero-order valence-electron chi connectivity index (χ0n) is 13.1. The molecule has 120 valence electrons. The Hall–Kier alpha value is -1.56. The number of benzene rings is 1. The molecule has 4 nitrogen and oxygen atoms in total. The highest BCUT2D eigenvalue weighted by molar-refractivity contribution is 7.09. The Balaban J connectivity index is 1.86. The van der Waals surface area contributed by atoms with Gasteiger partial charge in [-0.05, 0) is 42.1 Å². The van der Waals surface area contributed by atoms with Crippen LogP contribution in [0.4, 0.5) is 0 Å². The maximum absolute atomic E-state index is 5.83. The van der Waals surface area contributed by atoms with Crippen molar-refractivity contribution in [2.75, 3.05) is 27.4 Å². The van der Waals surface area contributed by atoms with Gasteiger partial charge in [-0.25, -0.2) is 0 Å². The summed E-state index contributed by atoms with van der Waals surface area (Å²) < 4.78 is 16.3. The van der Waals surface area contributed by atoms with Gasteiger partial charge >= 0.3 is 0 Å². The average molecular weight is 321 g/mol. The van der Waals surface area contributed by atoms with Crippen molar-refractivity contribution in [1.29, 1.82) is 0 Å². The molecule has 1 aromatic carbocycles. The van der Waals surface area contributed by atoms with Crippen molar-refractivity contribution in [1.82, 2.24) is 5.32 Å². The van der Waals surface area contributed by atoms with Crippen LogP contribution in [0.5, 0.6) is 11.5 Å². The molecule has 0 aliphatic rings. The van der Waals surface area contributed by atoms with Crippen molar-refractivity contribution in [3.05, 3.63) is 46.2 Å². The summed E-state index contributed by atoms with van der Waals surface area (Å²) in [6.45, 7) is 3.10. The molecule has 0 radical (unpaired) electrons. The first-order valence-electron chi connectivity index (χ1n) is 7.35. The summed E-state index contributed by atoms with van der Waals surface area (Å²) in [4.78, 5) is 1.20. The normalized spacial score (nSPS) is 10.6. The second-order valence-electron chi connectivity index (χ2n) is 4.88. The van der Waals surface area contributed by atoms with Gasteiger partial charge in [-0.2, -0.15) is 0 Å². The first kappa shape index (κ1) is 16.8. The SMILES string of the molecule is COCCCNCc1ccc(OCc2cccs2)c(OC)c1. The summed E-state index contributed by atoms with van der Waals surface area (Å²) in [5.74, 6) is 1.55. The molecule has 0 saturated heterocycles. The molecule has 5 heteroatoms. The average Bonchev–Trinajstić information content (AvgIpc) is 3.06. The molecule has 1 aromatic heterocycles. The van der Waals surface area contributed by atoms with Crippen LogP contribution in [0.15, 0.2) is 35.7 Å². The molecule has 2 rings (SSSR count). The van der Waals surface area contributed by atoms with Crippen LogP contribution in [0.3, 0.4) is 0 Å². The van der Waals surface area contributed by atoms with Crippen molar-refractivity contribution in [3.8, 4) is 11.5 Å². The minimum absolute atomic E-state index is 0.572. The van der Waals surface area contributed by atoms with Gasteiger partial charge < -0.3 is 19.5 Å². The summed E-state index contributed by atoms with van der Waals surface area (Å²) in [7, 11) is 3.39. The molecule has 0 unspecified atom stereocenters. The monoisotopic (exact) mass is 321 g/mol. The van der Waals surface area contributed by atoms with Crippen molar-refractivity contribution in [2.24, 2.45) is 0 Å². The number of ether oxygens (including phenoxy) is 3. The van der Waals surface area contributed by atoms with E-state index in [4.69, 9.17) is 14.2 Å². The van der Waals surface area contributed by atoms with Gasteiger partial charge in [-0.1, -0.05) is 12.1 Å². The van der Waals surface area contributed by atoms with Gasteiger partial charge in [-0.15, -0.1) is 11.3 Å². The molecule has 0 aliphatic heterocycles. The molecule has 0 spiro atoms. The Kier molecular flexibility index (Phi) is 7.22. The predicted octanol–water partition coefficient (Wildman–Crippen LogP) is 3.46. The lowest BCUT2D eigenvalue weighted by atomic mass is 10.2. The maximum atomic E-state index is 5.83. The molecule has 1 N–H and O–H groups in total. The highest BCUT2D eigenvalue weighted by Gasteiger charge is 2.06. The van der Waals surface area contributed by atoms with Gasteiger partial charge in [0.15, 0.2) is 11.5 Å². The van der Waals surface area contributed by atoms with Crippen LogP contribution >= 0.6 is 11.3 Å². The van der Waals surface area contributed by atoms with Crippen LogP contribution in [-0.4, -0.2) is 27.4 Å².